The summed E-state index contributed by atoms with van der Waals surface area (Å²) in [5.74, 6) is -3.59. The number of rotatable bonds is 13. The number of carbonyl (C=O) groups is 5. The van der Waals surface area contributed by atoms with Crippen LogP contribution in [0.2, 0.25) is 10.0 Å². The number of likely N-dealkylation sites (N-methyl/N-ethyl adjacent to an activating group) is 1. The highest BCUT2D eigenvalue weighted by atomic mass is 35.5. The third kappa shape index (κ3) is 13.4. The molecule has 1 atom stereocenters. The lowest BCUT2D eigenvalue weighted by Crippen LogP contribution is -2.42. The molecule has 4 amide bonds. The number of hydrogen-bond acceptors (Lipinski definition) is 7. The van der Waals surface area contributed by atoms with E-state index in [1.807, 2.05) is 0 Å². The Morgan fingerprint density at radius 3 is 1.66 bits per heavy atom. The average Bonchev–Trinajstić information content (AvgIpc) is 3.79. The van der Waals surface area contributed by atoms with Crippen LogP contribution in [0.3, 0.4) is 0 Å². The van der Waals surface area contributed by atoms with E-state index in [0.717, 1.165) is 6.07 Å². The Hall–Kier alpha value is -7.45. The predicted molar refractivity (Wildman–Crippen MR) is 261 cm³/mol. The van der Waals surface area contributed by atoms with Gasteiger partial charge in [-0.3, -0.25) is 24.0 Å². The minimum atomic E-state index is -4.85. The molecule has 0 saturated carbocycles. The smallest absolute Gasteiger partial charge is 0.374 e. The third-order valence-corrected chi connectivity index (χ3v) is 11.7. The first kappa shape index (κ1) is 55.9. The summed E-state index contributed by atoms with van der Waals surface area (Å²) in [5.41, 5.74) is -2.79. The van der Waals surface area contributed by atoms with Crippen LogP contribution in [0.4, 0.5) is 39.5 Å². The van der Waals surface area contributed by atoms with Gasteiger partial charge in [0.25, 0.3) is 17.4 Å². The van der Waals surface area contributed by atoms with Gasteiger partial charge in [-0.15, -0.1) is 0 Å². The van der Waals surface area contributed by atoms with Crippen LogP contribution in [0.25, 0.3) is 27.1 Å². The maximum Gasteiger partial charge on any atom is 0.435 e. The van der Waals surface area contributed by atoms with Gasteiger partial charge in [0, 0.05) is 50.8 Å². The lowest BCUT2D eigenvalue weighted by Gasteiger charge is -2.30. The SMILES string of the molecule is CCNC(=O)CNC(=O)c1ccc(C(=O)C=C(c2cc(C)cc(Cl)c2)C(F)(F)F)c2ccccc12.Cc1cc(Cl)cc([C@]2(C(F)(F)F)CC(c3ccc(C(=O)NCC(=O)NCC(F)(F)F)c4ccccc34)=NO2)c1. The predicted octanol–water partition coefficient (Wildman–Crippen LogP) is 11.3. The van der Waals surface area contributed by atoms with Crippen molar-refractivity contribution in [3.05, 3.63) is 170 Å². The van der Waals surface area contributed by atoms with Crippen LogP contribution in [-0.4, -0.2) is 79.8 Å². The summed E-state index contributed by atoms with van der Waals surface area (Å²) in [6, 6.07) is 26.1. The molecule has 1 heterocycles. The number of allylic oxidation sites excluding steroid dienone is 2. The first-order valence-electron chi connectivity index (χ1n) is 22.1. The molecule has 0 fully saturated rings. The molecule has 1 aliphatic heterocycles. The van der Waals surface area contributed by atoms with Gasteiger partial charge in [0.15, 0.2) is 5.78 Å². The molecule has 7 rings (SSSR count). The molecule has 0 unspecified atom stereocenters. The van der Waals surface area contributed by atoms with E-state index in [0.29, 0.717) is 45.3 Å². The summed E-state index contributed by atoms with van der Waals surface area (Å²) in [6.07, 6.45) is -14.4. The van der Waals surface area contributed by atoms with Crippen LogP contribution in [0.15, 0.2) is 120 Å². The molecule has 0 aromatic heterocycles. The maximum absolute atomic E-state index is 14.4. The quantitative estimate of drug-likeness (QED) is 0.0513. The fourth-order valence-corrected chi connectivity index (χ4v) is 8.52. The maximum atomic E-state index is 14.4. The first-order valence-corrected chi connectivity index (χ1v) is 22.9. The number of hydrogen-bond donors (Lipinski definition) is 4. The highest BCUT2D eigenvalue weighted by Gasteiger charge is 2.62. The van der Waals surface area contributed by atoms with Gasteiger partial charge >= 0.3 is 18.5 Å². The molecule has 6 aromatic carbocycles. The Labute approximate surface area is 426 Å². The molecular formula is C52H42Cl2F9N5O6. The van der Waals surface area contributed by atoms with Gasteiger partial charge in [-0.25, -0.2) is 0 Å². The Morgan fingerprint density at radius 1 is 0.635 bits per heavy atom. The number of fused-ring (bicyclic) bond motifs is 2. The van der Waals surface area contributed by atoms with Crippen molar-refractivity contribution in [2.24, 2.45) is 5.16 Å². The number of ketones is 1. The molecule has 388 valence electrons. The van der Waals surface area contributed by atoms with Crippen LogP contribution in [0.5, 0.6) is 0 Å². The van der Waals surface area contributed by atoms with E-state index < -0.39 is 72.7 Å². The molecular weight excluding hydrogens is 1030 g/mol. The summed E-state index contributed by atoms with van der Waals surface area (Å²) in [4.78, 5) is 66.9. The topological polar surface area (TPSA) is 155 Å². The second kappa shape index (κ2) is 22.8. The fraction of sp³-hybridized carbons (Fsp3) is 0.231. The molecule has 0 aliphatic carbocycles. The van der Waals surface area contributed by atoms with Gasteiger partial charge in [0.2, 0.25) is 11.8 Å². The number of aryl methyl sites for hydroxylation is 2. The second-order valence-corrected chi connectivity index (χ2v) is 17.6. The van der Waals surface area contributed by atoms with Crippen molar-refractivity contribution in [2.45, 2.75) is 51.3 Å². The van der Waals surface area contributed by atoms with Crippen molar-refractivity contribution < 1.29 is 68.3 Å². The Bertz CT molecular complexity index is 3190. The van der Waals surface area contributed by atoms with E-state index in [1.54, 1.807) is 74.6 Å². The highest BCUT2D eigenvalue weighted by Crippen LogP contribution is 2.50. The minimum Gasteiger partial charge on any atom is -0.374 e. The Balaban J connectivity index is 0.000000242. The first-order chi connectivity index (χ1) is 34.7. The number of alkyl halides is 9. The van der Waals surface area contributed by atoms with Crippen molar-refractivity contribution in [3.8, 4) is 0 Å². The molecule has 1 aliphatic rings. The number of nitrogens with zero attached hydrogens (tertiary/aromatic N) is 1. The molecule has 22 heteroatoms. The third-order valence-electron chi connectivity index (χ3n) is 11.2. The summed E-state index contributed by atoms with van der Waals surface area (Å²) < 4.78 is 122. The molecule has 74 heavy (non-hydrogen) atoms. The molecule has 0 radical (unpaired) electrons. The molecule has 0 spiro atoms. The molecule has 0 saturated heterocycles. The zero-order valence-electron chi connectivity index (χ0n) is 39.1. The fourth-order valence-electron chi connectivity index (χ4n) is 7.94. The molecule has 6 aromatic rings. The van der Waals surface area contributed by atoms with Crippen LogP contribution in [0, 0.1) is 13.8 Å². The van der Waals surface area contributed by atoms with E-state index in [-0.39, 0.29) is 61.6 Å². The van der Waals surface area contributed by atoms with Crippen LogP contribution in [0.1, 0.15) is 72.2 Å². The Morgan fingerprint density at radius 2 is 1.14 bits per heavy atom. The highest BCUT2D eigenvalue weighted by molar-refractivity contribution is 6.31. The summed E-state index contributed by atoms with van der Waals surface area (Å²) >= 11 is 12.0. The van der Waals surface area contributed by atoms with Crippen molar-refractivity contribution in [3.63, 3.8) is 0 Å². The van der Waals surface area contributed by atoms with E-state index in [2.05, 4.69) is 21.1 Å². The van der Waals surface area contributed by atoms with Gasteiger partial charge in [-0.05, 0) is 108 Å². The molecule has 4 N–H and O–H groups in total. The van der Waals surface area contributed by atoms with Crippen molar-refractivity contribution in [2.75, 3.05) is 26.2 Å². The second-order valence-electron chi connectivity index (χ2n) is 16.7. The summed E-state index contributed by atoms with van der Waals surface area (Å²) in [6.45, 7) is 2.88. The van der Waals surface area contributed by atoms with Gasteiger partial charge in [-0.1, -0.05) is 95.1 Å². The zero-order valence-corrected chi connectivity index (χ0v) is 40.6. The van der Waals surface area contributed by atoms with Gasteiger partial charge in [-0.2, -0.15) is 39.5 Å². The number of amides is 4. The number of oxime groups is 1. The standard InChI is InChI=1S/C26H20ClF6N3O3.C26H22ClF3N2O3/c1-14-8-15(10-16(27)9-14)24(26(31,32)33)11-21(36-39-24)19-6-7-20(18-5-3-2-4-17(18)19)23(38)34-12-22(37)35-13-25(28,29)30;1-3-31-24(34)14-32-25(35)21-9-8-20(18-6-4-5-7-19(18)21)23(33)13-22(26(28,29)30)16-10-15(2)11-17(27)12-16/h2-10H,11-13H2,1H3,(H,34,38)(H,35,37);4-13H,3,14H2,1-2H3,(H,31,34)(H,32,35)/t24-;/m0./s1. The monoisotopic (exact) mass is 1070 g/mol. The van der Waals surface area contributed by atoms with Crippen LogP contribution < -0.4 is 21.3 Å². The van der Waals surface area contributed by atoms with E-state index in [1.165, 1.54) is 54.6 Å². The molecule has 0 bridgehead atoms. The summed E-state index contributed by atoms with van der Waals surface area (Å²) in [7, 11) is 0. The van der Waals surface area contributed by atoms with Crippen molar-refractivity contribution in [1.82, 2.24) is 21.3 Å². The minimum absolute atomic E-state index is 0.00127. The average molecular weight is 1070 g/mol. The van der Waals surface area contributed by atoms with Gasteiger partial charge in [0.1, 0.15) is 6.54 Å². The lowest BCUT2D eigenvalue weighted by molar-refractivity contribution is -0.275. The molecule has 11 nitrogen and oxygen atoms in total. The van der Waals surface area contributed by atoms with Crippen molar-refractivity contribution in [1.29, 1.82) is 0 Å². The number of carbonyl (C=O) groups excluding carboxylic acids is 5. The largest absolute Gasteiger partial charge is 0.435 e. The van der Waals surface area contributed by atoms with E-state index >= 15 is 0 Å². The van der Waals surface area contributed by atoms with Crippen LogP contribution >= 0.6 is 23.2 Å². The van der Waals surface area contributed by atoms with E-state index in [4.69, 9.17) is 28.0 Å². The number of benzene rings is 6. The van der Waals surface area contributed by atoms with E-state index in [9.17, 15) is 63.5 Å². The number of halogens is 11. The summed E-state index contributed by atoms with van der Waals surface area (Å²) in [5, 5.41) is 14.4. The lowest BCUT2D eigenvalue weighted by atomic mass is 9.84. The van der Waals surface area contributed by atoms with Crippen LogP contribution in [-0.2, 0) is 20.0 Å². The van der Waals surface area contributed by atoms with Crippen molar-refractivity contribution >= 4 is 85.4 Å². The number of nitrogens with one attached hydrogen (secondary N) is 4. The van der Waals surface area contributed by atoms with Gasteiger partial charge < -0.3 is 26.1 Å². The normalized spacial score (nSPS) is 14.8. The zero-order chi connectivity index (χ0) is 54.3. The Kier molecular flexibility index (Phi) is 17.2. The van der Waals surface area contributed by atoms with Gasteiger partial charge in [0.05, 0.1) is 24.4 Å².